The predicted molar refractivity (Wildman–Crippen MR) is 136 cm³/mol. The molecule has 37 heavy (non-hydrogen) atoms. The number of rotatable bonds is 9. The van der Waals surface area contributed by atoms with Gasteiger partial charge in [0.2, 0.25) is 11.8 Å². The number of nitrogens with zero attached hydrogens (tertiary/aromatic N) is 1. The zero-order valence-electron chi connectivity index (χ0n) is 22.1. The Balaban J connectivity index is 1.44. The average molecular weight is 514 g/mol. The lowest BCUT2D eigenvalue weighted by atomic mass is 9.90. The van der Waals surface area contributed by atoms with Crippen LogP contribution in [-0.2, 0) is 30.5 Å². The maximum absolute atomic E-state index is 13.5. The highest BCUT2D eigenvalue weighted by atomic mass is 16.6. The molecule has 0 radical (unpaired) electrons. The van der Waals surface area contributed by atoms with Crippen molar-refractivity contribution in [2.24, 2.45) is 11.3 Å². The SMILES string of the molecule is CC(C)(C)OC(=O)N1CC2(CC2)C[C@H]1C(=O)N[C@@H](C[C@@H]1CCCNC1=O)C(=O)COCc1ccccc1. The molecule has 3 fully saturated rings. The molecule has 9 nitrogen and oxygen atoms in total. The van der Waals surface area contributed by atoms with E-state index < -0.39 is 23.8 Å². The number of hydrogen-bond acceptors (Lipinski definition) is 6. The van der Waals surface area contributed by atoms with Crippen LogP contribution in [0.15, 0.2) is 30.3 Å². The molecular weight excluding hydrogens is 474 g/mol. The summed E-state index contributed by atoms with van der Waals surface area (Å²) in [6, 6.07) is 7.94. The number of Topliss-reactive ketones (excluding diaryl/α,β-unsaturated/α-hetero) is 1. The van der Waals surface area contributed by atoms with Gasteiger partial charge in [-0.15, -0.1) is 0 Å². The van der Waals surface area contributed by atoms with Gasteiger partial charge >= 0.3 is 6.09 Å². The molecule has 0 unspecified atom stereocenters. The quantitative estimate of drug-likeness (QED) is 0.525. The summed E-state index contributed by atoms with van der Waals surface area (Å²) in [7, 11) is 0. The topological polar surface area (TPSA) is 114 Å². The molecule has 4 rings (SSSR count). The molecule has 3 amide bonds. The number of nitrogens with one attached hydrogen (secondary N) is 2. The van der Waals surface area contributed by atoms with Crippen LogP contribution in [0.3, 0.4) is 0 Å². The minimum absolute atomic E-state index is 0.0412. The molecule has 1 spiro atoms. The fourth-order valence-corrected chi connectivity index (χ4v) is 5.17. The Bertz CT molecular complexity index is 1000. The monoisotopic (exact) mass is 513 g/mol. The molecule has 1 aromatic rings. The van der Waals surface area contributed by atoms with Crippen molar-refractivity contribution in [1.82, 2.24) is 15.5 Å². The van der Waals surface area contributed by atoms with Gasteiger partial charge in [-0.25, -0.2) is 4.79 Å². The third-order valence-corrected chi connectivity index (χ3v) is 7.38. The zero-order valence-corrected chi connectivity index (χ0v) is 22.1. The van der Waals surface area contributed by atoms with Crippen molar-refractivity contribution in [3.8, 4) is 0 Å². The normalized spacial score (nSPS) is 23.3. The van der Waals surface area contributed by atoms with E-state index in [-0.39, 0.29) is 48.6 Å². The van der Waals surface area contributed by atoms with E-state index >= 15 is 0 Å². The third kappa shape index (κ3) is 7.31. The van der Waals surface area contributed by atoms with E-state index in [1.165, 1.54) is 4.90 Å². The minimum atomic E-state index is -0.881. The summed E-state index contributed by atoms with van der Waals surface area (Å²) in [5, 5.41) is 5.74. The van der Waals surface area contributed by atoms with Crippen molar-refractivity contribution in [3.63, 3.8) is 0 Å². The number of carbonyl (C=O) groups excluding carboxylic acids is 4. The van der Waals surface area contributed by atoms with Crippen molar-refractivity contribution < 1.29 is 28.7 Å². The molecule has 1 saturated carbocycles. The van der Waals surface area contributed by atoms with Crippen molar-refractivity contribution in [2.75, 3.05) is 19.7 Å². The van der Waals surface area contributed by atoms with Gasteiger partial charge in [0.1, 0.15) is 18.2 Å². The number of ketones is 1. The van der Waals surface area contributed by atoms with E-state index in [2.05, 4.69) is 10.6 Å². The maximum atomic E-state index is 13.5. The minimum Gasteiger partial charge on any atom is -0.444 e. The van der Waals surface area contributed by atoms with Gasteiger partial charge in [-0.1, -0.05) is 30.3 Å². The Morgan fingerprint density at radius 2 is 1.92 bits per heavy atom. The van der Waals surface area contributed by atoms with Gasteiger partial charge in [0.25, 0.3) is 0 Å². The molecule has 3 atom stereocenters. The lowest BCUT2D eigenvalue weighted by Gasteiger charge is -2.30. The number of amides is 3. The molecule has 202 valence electrons. The summed E-state index contributed by atoms with van der Waals surface area (Å²) < 4.78 is 11.2. The standard InChI is InChI=1S/C28H39N3O6/c1-27(2,3)37-26(35)31-18-28(11-12-28)15-22(31)25(34)30-21(14-20-10-7-13-29-24(20)33)23(32)17-36-16-19-8-5-4-6-9-19/h4-6,8-9,20-22H,7,10-18H2,1-3H3,(H,29,33)(H,30,34)/t20-,21-,22-/m0/s1. The van der Waals surface area contributed by atoms with Crippen LogP contribution < -0.4 is 10.6 Å². The summed E-state index contributed by atoms with van der Waals surface area (Å²) in [6.45, 7) is 6.57. The number of carbonyl (C=O) groups is 4. The van der Waals surface area contributed by atoms with Crippen LogP contribution in [0.2, 0.25) is 0 Å². The third-order valence-electron chi connectivity index (χ3n) is 7.38. The lowest BCUT2D eigenvalue weighted by Crippen LogP contribution is -2.53. The summed E-state index contributed by atoms with van der Waals surface area (Å²) in [4.78, 5) is 53.6. The van der Waals surface area contributed by atoms with Gasteiger partial charge in [-0.3, -0.25) is 19.3 Å². The van der Waals surface area contributed by atoms with Gasteiger partial charge in [0.05, 0.1) is 12.6 Å². The second-order valence-electron chi connectivity index (χ2n) is 11.7. The molecule has 2 N–H and O–H groups in total. The number of benzene rings is 1. The van der Waals surface area contributed by atoms with Crippen LogP contribution in [0.25, 0.3) is 0 Å². The first-order valence-electron chi connectivity index (χ1n) is 13.3. The summed E-state index contributed by atoms with van der Waals surface area (Å²) in [6.07, 6.45) is 3.66. The average Bonchev–Trinajstić information content (AvgIpc) is 3.48. The summed E-state index contributed by atoms with van der Waals surface area (Å²) in [5.41, 5.74) is 0.220. The number of ether oxygens (including phenoxy) is 2. The van der Waals surface area contributed by atoms with E-state index in [1.807, 2.05) is 30.3 Å². The highest BCUT2D eigenvalue weighted by Gasteiger charge is 2.56. The van der Waals surface area contributed by atoms with Crippen molar-refractivity contribution in [1.29, 1.82) is 0 Å². The molecule has 0 aromatic heterocycles. The fourth-order valence-electron chi connectivity index (χ4n) is 5.17. The number of hydrogen-bond donors (Lipinski definition) is 2. The molecule has 3 aliphatic rings. The van der Waals surface area contributed by atoms with Gasteiger partial charge in [0, 0.05) is 19.0 Å². The first-order valence-corrected chi connectivity index (χ1v) is 13.3. The Morgan fingerprint density at radius 1 is 1.19 bits per heavy atom. The van der Waals surface area contributed by atoms with Crippen LogP contribution in [0.4, 0.5) is 4.79 Å². The first-order chi connectivity index (χ1) is 17.6. The van der Waals surface area contributed by atoms with Crippen LogP contribution in [0.5, 0.6) is 0 Å². The van der Waals surface area contributed by atoms with Crippen LogP contribution in [0.1, 0.15) is 64.9 Å². The second kappa shape index (κ2) is 11.2. The molecule has 2 heterocycles. The van der Waals surface area contributed by atoms with Crippen molar-refractivity contribution >= 4 is 23.7 Å². The van der Waals surface area contributed by atoms with E-state index in [0.29, 0.717) is 25.9 Å². The molecule has 2 aliphatic heterocycles. The van der Waals surface area contributed by atoms with Gasteiger partial charge in [0.15, 0.2) is 5.78 Å². The van der Waals surface area contributed by atoms with E-state index in [9.17, 15) is 19.2 Å². The summed E-state index contributed by atoms with van der Waals surface area (Å²) >= 11 is 0. The molecule has 9 heteroatoms. The maximum Gasteiger partial charge on any atom is 0.410 e. The molecule has 1 aromatic carbocycles. The van der Waals surface area contributed by atoms with Gasteiger partial charge in [-0.05, 0) is 70.3 Å². The molecule has 1 aliphatic carbocycles. The molecule has 0 bridgehead atoms. The number of likely N-dealkylation sites (tertiary alicyclic amines) is 1. The van der Waals surface area contributed by atoms with Crippen LogP contribution in [-0.4, -0.2) is 66.0 Å². The fraction of sp³-hybridized carbons (Fsp3) is 0.643. The lowest BCUT2D eigenvalue weighted by molar-refractivity contribution is -0.134. The zero-order chi connectivity index (χ0) is 26.6. The van der Waals surface area contributed by atoms with Crippen molar-refractivity contribution in [2.45, 2.75) is 83.6 Å². The number of piperidine rings is 1. The van der Waals surface area contributed by atoms with E-state index in [1.54, 1.807) is 20.8 Å². The predicted octanol–water partition coefficient (Wildman–Crippen LogP) is 2.96. The van der Waals surface area contributed by atoms with E-state index in [0.717, 1.165) is 24.8 Å². The van der Waals surface area contributed by atoms with Gasteiger partial charge in [-0.2, -0.15) is 0 Å². The van der Waals surface area contributed by atoms with E-state index in [4.69, 9.17) is 9.47 Å². The highest BCUT2D eigenvalue weighted by molar-refractivity contribution is 5.93. The van der Waals surface area contributed by atoms with Crippen LogP contribution in [0, 0.1) is 11.3 Å². The largest absolute Gasteiger partial charge is 0.444 e. The molecule has 2 saturated heterocycles. The summed E-state index contributed by atoms with van der Waals surface area (Å²) in [5.74, 6) is -1.13. The Labute approximate surface area is 218 Å². The Hall–Kier alpha value is -2.94. The second-order valence-corrected chi connectivity index (χ2v) is 11.7. The highest BCUT2D eigenvalue weighted by Crippen LogP contribution is 2.55. The Kier molecular flexibility index (Phi) is 8.21. The van der Waals surface area contributed by atoms with Gasteiger partial charge < -0.3 is 20.1 Å². The van der Waals surface area contributed by atoms with Crippen LogP contribution >= 0.6 is 0 Å². The smallest absolute Gasteiger partial charge is 0.410 e. The molecular formula is C28H39N3O6. The Morgan fingerprint density at radius 3 is 2.57 bits per heavy atom. The first kappa shape index (κ1) is 27.1. The van der Waals surface area contributed by atoms with Crippen molar-refractivity contribution in [3.05, 3.63) is 35.9 Å².